The van der Waals surface area contributed by atoms with E-state index in [2.05, 4.69) is 24.8 Å². The molecule has 4 aromatic rings. The Morgan fingerprint density at radius 1 is 1.00 bits per heavy atom. The number of anilines is 3. The number of imidazole rings is 1. The summed E-state index contributed by atoms with van der Waals surface area (Å²) in [6, 6.07) is 5.76. The molecule has 0 bridgehead atoms. The molecule has 0 aromatic carbocycles. The number of aromatic nitrogens is 5. The zero-order chi connectivity index (χ0) is 25.7. The molecule has 2 fully saturated rings. The Balaban J connectivity index is 1.24. The highest BCUT2D eigenvalue weighted by Gasteiger charge is 2.47. The van der Waals surface area contributed by atoms with Crippen LogP contribution >= 0.6 is 46.6 Å². The summed E-state index contributed by atoms with van der Waals surface area (Å²) in [4.78, 5) is 23.5. The first kappa shape index (κ1) is 24.8. The van der Waals surface area contributed by atoms with E-state index < -0.39 is 0 Å². The lowest BCUT2D eigenvalue weighted by atomic mass is 9.75. The fraction of sp³-hybridized carbons (Fsp3) is 0.333. The Morgan fingerprint density at radius 2 is 1.78 bits per heavy atom. The molecule has 4 N–H and O–H groups in total. The van der Waals surface area contributed by atoms with E-state index in [9.17, 15) is 0 Å². The van der Waals surface area contributed by atoms with Crippen LogP contribution in [0, 0.1) is 5.41 Å². The maximum atomic E-state index is 6.73. The van der Waals surface area contributed by atoms with Crippen LogP contribution in [-0.4, -0.2) is 56.6 Å². The third-order valence-electron chi connectivity index (χ3n) is 7.36. The van der Waals surface area contributed by atoms with E-state index in [1.807, 2.05) is 22.7 Å². The average molecular weight is 577 g/mol. The molecule has 6 rings (SSSR count). The first-order valence-corrected chi connectivity index (χ1v) is 13.8. The van der Waals surface area contributed by atoms with Crippen molar-refractivity contribution in [1.82, 2.24) is 24.3 Å². The predicted octanol–water partition coefficient (Wildman–Crippen LogP) is 4.65. The molecule has 0 aliphatic carbocycles. The minimum absolute atomic E-state index is 0.0257. The summed E-state index contributed by atoms with van der Waals surface area (Å²) >= 11 is 20.6. The van der Waals surface area contributed by atoms with E-state index in [0.29, 0.717) is 25.9 Å². The van der Waals surface area contributed by atoms with E-state index >= 15 is 0 Å². The van der Waals surface area contributed by atoms with Gasteiger partial charge in [0, 0.05) is 73.0 Å². The van der Waals surface area contributed by atoms with Gasteiger partial charge in [-0.25, -0.2) is 19.9 Å². The Labute approximate surface area is 233 Å². The van der Waals surface area contributed by atoms with Gasteiger partial charge in [0.15, 0.2) is 10.8 Å². The smallest absolute Gasteiger partial charge is 0.212 e. The van der Waals surface area contributed by atoms with E-state index in [0.717, 1.165) is 55.6 Å². The van der Waals surface area contributed by atoms with Gasteiger partial charge in [0.25, 0.3) is 0 Å². The number of piperidine rings is 1. The maximum Gasteiger partial charge on any atom is 0.212 e. The first-order valence-electron chi connectivity index (χ1n) is 11.8. The van der Waals surface area contributed by atoms with Crippen LogP contribution in [0.2, 0.25) is 15.3 Å². The molecular weight excluding hydrogens is 553 g/mol. The van der Waals surface area contributed by atoms with Crippen LogP contribution in [0.15, 0.2) is 52.8 Å². The molecule has 9 nitrogen and oxygen atoms in total. The van der Waals surface area contributed by atoms with Crippen molar-refractivity contribution in [3.63, 3.8) is 0 Å². The lowest BCUT2D eigenvalue weighted by Crippen LogP contribution is -2.49. The van der Waals surface area contributed by atoms with Crippen LogP contribution in [0.25, 0.3) is 5.65 Å². The highest BCUT2D eigenvalue weighted by molar-refractivity contribution is 7.99. The second-order valence-electron chi connectivity index (χ2n) is 9.44. The molecule has 2 saturated heterocycles. The van der Waals surface area contributed by atoms with Gasteiger partial charge in [0.1, 0.15) is 11.0 Å². The van der Waals surface area contributed by atoms with Crippen LogP contribution in [0.3, 0.4) is 0 Å². The molecule has 13 heteroatoms. The molecule has 0 radical (unpaired) electrons. The molecule has 192 valence electrons. The fourth-order valence-corrected chi connectivity index (χ4v) is 6.90. The molecule has 2 aliphatic rings. The monoisotopic (exact) mass is 575 g/mol. The van der Waals surface area contributed by atoms with Gasteiger partial charge in [-0.05, 0) is 31.0 Å². The van der Waals surface area contributed by atoms with Gasteiger partial charge in [-0.3, -0.25) is 4.40 Å². The summed E-state index contributed by atoms with van der Waals surface area (Å²) in [5.74, 6) is 1.03. The highest BCUT2D eigenvalue weighted by atomic mass is 35.5. The summed E-state index contributed by atoms with van der Waals surface area (Å²) in [6.07, 6.45) is 8.90. The molecule has 6 heterocycles. The average Bonchev–Trinajstić information content (AvgIpc) is 3.49. The SMILES string of the molecule is Nc1nccc(Sc2c(Cl)nc(N3CCC4(CC3)CN(c3ccnc(Cl)c3)C[C@H]4N)n3ccnc23)c1Cl. The van der Waals surface area contributed by atoms with E-state index in [1.165, 1.54) is 11.8 Å². The third-order valence-corrected chi connectivity index (χ3v) is 9.61. The van der Waals surface area contributed by atoms with Crippen LogP contribution in [-0.2, 0) is 0 Å². The van der Waals surface area contributed by atoms with Gasteiger partial charge in [-0.15, -0.1) is 0 Å². The van der Waals surface area contributed by atoms with Crippen molar-refractivity contribution in [3.05, 3.63) is 58.3 Å². The van der Waals surface area contributed by atoms with Gasteiger partial charge in [-0.1, -0.05) is 46.6 Å². The molecule has 4 aromatic heterocycles. The van der Waals surface area contributed by atoms with Crippen molar-refractivity contribution in [3.8, 4) is 0 Å². The Hall–Kier alpha value is -2.50. The standard InChI is InChI=1S/C24H24Cl3N9S/c25-17-11-14(1-5-30-17)35-12-16(28)24(13-35)3-8-34(9-4-24)23-33-20(27)19(22-32-7-10-36(22)23)37-15-2-6-31-21(29)18(15)26/h1-2,5-7,10-11,16H,3-4,8-9,12-13,28H2,(H2,29,31)/t16-/m1/s1. The number of fused-ring (bicyclic) bond motifs is 1. The van der Waals surface area contributed by atoms with Gasteiger partial charge >= 0.3 is 0 Å². The Kier molecular flexibility index (Phi) is 6.48. The lowest BCUT2D eigenvalue weighted by molar-refractivity contribution is 0.219. The number of halogens is 3. The number of hydrogen-bond donors (Lipinski definition) is 2. The molecular formula is C24H24Cl3N9S. The topological polar surface area (TPSA) is 114 Å². The number of nitrogens with two attached hydrogens (primary N) is 2. The van der Waals surface area contributed by atoms with Crippen molar-refractivity contribution in [2.24, 2.45) is 11.1 Å². The minimum atomic E-state index is 0.0257. The van der Waals surface area contributed by atoms with Crippen LogP contribution in [0.1, 0.15) is 12.8 Å². The highest BCUT2D eigenvalue weighted by Crippen LogP contribution is 2.44. The van der Waals surface area contributed by atoms with Crippen LogP contribution in [0.5, 0.6) is 0 Å². The predicted molar refractivity (Wildman–Crippen MR) is 149 cm³/mol. The van der Waals surface area contributed by atoms with Crippen molar-refractivity contribution < 1.29 is 0 Å². The fourth-order valence-electron chi connectivity index (χ4n) is 5.32. The number of rotatable bonds is 4. The molecule has 1 spiro atoms. The van der Waals surface area contributed by atoms with Gasteiger partial charge in [0.05, 0.1) is 9.92 Å². The molecule has 37 heavy (non-hydrogen) atoms. The number of nitrogens with zero attached hydrogens (tertiary/aromatic N) is 7. The van der Waals surface area contributed by atoms with Gasteiger partial charge in [0.2, 0.25) is 5.95 Å². The summed E-state index contributed by atoms with van der Waals surface area (Å²) < 4.78 is 1.98. The van der Waals surface area contributed by atoms with E-state index in [-0.39, 0.29) is 17.3 Å². The number of nitrogen functional groups attached to an aromatic ring is 1. The van der Waals surface area contributed by atoms with Crippen molar-refractivity contribution in [2.75, 3.05) is 41.7 Å². The summed E-state index contributed by atoms with van der Waals surface area (Å²) in [6.45, 7) is 3.31. The third kappa shape index (κ3) is 4.44. The van der Waals surface area contributed by atoms with E-state index in [4.69, 9.17) is 51.3 Å². The Morgan fingerprint density at radius 3 is 2.57 bits per heavy atom. The van der Waals surface area contributed by atoms with E-state index in [1.54, 1.807) is 24.7 Å². The van der Waals surface area contributed by atoms with Gasteiger partial charge < -0.3 is 21.3 Å². The quantitative estimate of drug-likeness (QED) is 0.265. The molecule has 0 amide bonds. The zero-order valence-corrected chi connectivity index (χ0v) is 22.8. The number of pyridine rings is 2. The maximum absolute atomic E-state index is 6.73. The normalized spacial score (nSPS) is 19.3. The summed E-state index contributed by atoms with van der Waals surface area (Å²) in [7, 11) is 0. The largest absolute Gasteiger partial charge is 0.382 e. The first-order chi connectivity index (χ1) is 17.8. The second kappa shape index (κ2) is 9.67. The summed E-state index contributed by atoms with van der Waals surface area (Å²) in [5.41, 5.74) is 14.4. The van der Waals surface area contributed by atoms with Crippen LogP contribution in [0.4, 0.5) is 17.5 Å². The molecule has 2 aliphatic heterocycles. The van der Waals surface area contributed by atoms with Crippen molar-refractivity contribution in [2.45, 2.75) is 28.7 Å². The Bertz CT molecular complexity index is 1470. The molecule has 0 unspecified atom stereocenters. The van der Waals surface area contributed by atoms with Crippen LogP contribution < -0.4 is 21.3 Å². The summed E-state index contributed by atoms with van der Waals surface area (Å²) in [5, 5.41) is 1.24. The van der Waals surface area contributed by atoms with Crippen molar-refractivity contribution in [1.29, 1.82) is 0 Å². The minimum Gasteiger partial charge on any atom is -0.382 e. The lowest BCUT2D eigenvalue weighted by Gasteiger charge is -2.42. The van der Waals surface area contributed by atoms with Gasteiger partial charge in [-0.2, -0.15) is 0 Å². The molecule has 1 atom stereocenters. The molecule has 0 saturated carbocycles. The van der Waals surface area contributed by atoms with Crippen molar-refractivity contribution >= 4 is 69.7 Å². The number of hydrogen-bond acceptors (Lipinski definition) is 9. The zero-order valence-electron chi connectivity index (χ0n) is 19.7. The second-order valence-corrected chi connectivity index (χ2v) is 11.6.